The SMILES string of the molecule is CN=C(NCCCCC1CCCC1)NCCCn1cccn1. The lowest BCUT2D eigenvalue weighted by molar-refractivity contribution is 0.472. The molecule has 124 valence electrons. The number of hydrogen-bond donors (Lipinski definition) is 2. The summed E-state index contributed by atoms with van der Waals surface area (Å²) in [5, 5.41) is 11.0. The molecule has 0 unspecified atom stereocenters. The molecule has 0 saturated heterocycles. The smallest absolute Gasteiger partial charge is 0.190 e. The lowest BCUT2D eigenvalue weighted by Crippen LogP contribution is -2.38. The van der Waals surface area contributed by atoms with Crippen molar-refractivity contribution in [2.45, 2.75) is 57.9 Å². The van der Waals surface area contributed by atoms with Crippen LogP contribution in [0.3, 0.4) is 0 Å². The van der Waals surface area contributed by atoms with E-state index in [1.807, 2.05) is 30.2 Å². The Labute approximate surface area is 134 Å². The highest BCUT2D eigenvalue weighted by Gasteiger charge is 2.13. The van der Waals surface area contributed by atoms with Crippen LogP contribution in [0.4, 0.5) is 0 Å². The summed E-state index contributed by atoms with van der Waals surface area (Å²) >= 11 is 0. The van der Waals surface area contributed by atoms with Gasteiger partial charge in [-0.15, -0.1) is 0 Å². The standard InChI is InChI=1S/C17H31N5/c1-18-17(20-12-6-14-22-15-7-13-21-22)19-11-5-4-10-16-8-2-3-9-16/h7,13,15-16H,2-6,8-12,14H2,1H3,(H2,18,19,20). The van der Waals surface area contributed by atoms with Crippen LogP contribution < -0.4 is 10.6 Å². The summed E-state index contributed by atoms with van der Waals surface area (Å²) in [7, 11) is 1.83. The first kappa shape index (κ1) is 16.8. The predicted molar refractivity (Wildman–Crippen MR) is 92.0 cm³/mol. The second-order valence-corrected chi connectivity index (χ2v) is 6.19. The van der Waals surface area contributed by atoms with E-state index >= 15 is 0 Å². The van der Waals surface area contributed by atoms with Crippen molar-refractivity contribution in [1.29, 1.82) is 0 Å². The second-order valence-electron chi connectivity index (χ2n) is 6.19. The van der Waals surface area contributed by atoms with E-state index in [9.17, 15) is 0 Å². The third kappa shape index (κ3) is 6.50. The van der Waals surface area contributed by atoms with Crippen molar-refractivity contribution in [3.05, 3.63) is 18.5 Å². The molecule has 0 radical (unpaired) electrons. The zero-order chi connectivity index (χ0) is 15.5. The van der Waals surface area contributed by atoms with Crippen molar-refractivity contribution >= 4 is 5.96 Å². The zero-order valence-corrected chi connectivity index (χ0v) is 13.9. The van der Waals surface area contributed by atoms with E-state index in [-0.39, 0.29) is 0 Å². The van der Waals surface area contributed by atoms with Crippen molar-refractivity contribution < 1.29 is 0 Å². The molecule has 1 aliphatic rings. The number of nitrogens with one attached hydrogen (secondary N) is 2. The molecular weight excluding hydrogens is 274 g/mol. The average Bonchev–Trinajstić information content (AvgIpc) is 3.22. The molecule has 0 bridgehead atoms. The summed E-state index contributed by atoms with van der Waals surface area (Å²) < 4.78 is 1.96. The Morgan fingerprint density at radius 3 is 2.64 bits per heavy atom. The van der Waals surface area contributed by atoms with Gasteiger partial charge in [0.1, 0.15) is 0 Å². The van der Waals surface area contributed by atoms with Crippen LogP contribution in [0.1, 0.15) is 51.4 Å². The van der Waals surface area contributed by atoms with Gasteiger partial charge in [0.05, 0.1) is 0 Å². The Bertz CT molecular complexity index is 407. The highest BCUT2D eigenvalue weighted by Crippen LogP contribution is 2.28. The number of aryl methyl sites for hydroxylation is 1. The molecule has 5 heteroatoms. The number of aromatic nitrogens is 2. The molecular formula is C17H31N5. The second kappa shape index (κ2) is 10.2. The van der Waals surface area contributed by atoms with Gasteiger partial charge in [0, 0.05) is 39.1 Å². The highest BCUT2D eigenvalue weighted by atomic mass is 15.3. The summed E-state index contributed by atoms with van der Waals surface area (Å²) in [6.07, 6.45) is 14.7. The van der Waals surface area contributed by atoms with Gasteiger partial charge in [-0.25, -0.2) is 0 Å². The lowest BCUT2D eigenvalue weighted by Gasteiger charge is -2.12. The van der Waals surface area contributed by atoms with Crippen LogP contribution in [0.5, 0.6) is 0 Å². The fraction of sp³-hybridized carbons (Fsp3) is 0.765. The molecule has 1 heterocycles. The van der Waals surface area contributed by atoms with Crippen molar-refractivity contribution in [3.8, 4) is 0 Å². The van der Waals surface area contributed by atoms with Crippen LogP contribution in [0.15, 0.2) is 23.5 Å². The van der Waals surface area contributed by atoms with E-state index in [1.54, 1.807) is 0 Å². The third-order valence-electron chi connectivity index (χ3n) is 4.45. The van der Waals surface area contributed by atoms with Crippen LogP contribution in [-0.4, -0.2) is 35.9 Å². The molecule has 5 nitrogen and oxygen atoms in total. The highest BCUT2D eigenvalue weighted by molar-refractivity contribution is 5.79. The van der Waals surface area contributed by atoms with E-state index in [1.165, 1.54) is 44.9 Å². The first-order valence-electron chi connectivity index (χ1n) is 8.80. The van der Waals surface area contributed by atoms with Gasteiger partial charge >= 0.3 is 0 Å². The van der Waals surface area contributed by atoms with Crippen molar-refractivity contribution in [1.82, 2.24) is 20.4 Å². The molecule has 22 heavy (non-hydrogen) atoms. The molecule has 1 fully saturated rings. The van der Waals surface area contributed by atoms with Crippen LogP contribution in [0, 0.1) is 5.92 Å². The maximum atomic E-state index is 4.27. The van der Waals surface area contributed by atoms with E-state index < -0.39 is 0 Å². The predicted octanol–water partition coefficient (Wildman–Crippen LogP) is 2.80. The van der Waals surface area contributed by atoms with Gasteiger partial charge in [-0.1, -0.05) is 38.5 Å². The largest absolute Gasteiger partial charge is 0.356 e. The van der Waals surface area contributed by atoms with Crippen molar-refractivity contribution in [2.24, 2.45) is 10.9 Å². The maximum absolute atomic E-state index is 4.27. The molecule has 1 aromatic rings. The van der Waals surface area contributed by atoms with Gasteiger partial charge in [-0.05, 0) is 24.8 Å². The van der Waals surface area contributed by atoms with E-state index in [0.29, 0.717) is 0 Å². The number of rotatable bonds is 9. The summed E-state index contributed by atoms with van der Waals surface area (Å²) in [6.45, 7) is 2.88. The number of nitrogens with zero attached hydrogens (tertiary/aromatic N) is 3. The van der Waals surface area contributed by atoms with Gasteiger partial charge in [-0.2, -0.15) is 5.10 Å². The van der Waals surface area contributed by atoms with E-state index in [0.717, 1.165) is 37.9 Å². The van der Waals surface area contributed by atoms with Crippen LogP contribution in [0.25, 0.3) is 0 Å². The Morgan fingerprint density at radius 2 is 1.95 bits per heavy atom. The minimum Gasteiger partial charge on any atom is -0.356 e. The molecule has 0 aliphatic heterocycles. The van der Waals surface area contributed by atoms with Crippen molar-refractivity contribution in [2.75, 3.05) is 20.1 Å². The fourth-order valence-corrected chi connectivity index (χ4v) is 3.17. The molecule has 1 aliphatic carbocycles. The normalized spacial score (nSPS) is 16.1. The average molecular weight is 305 g/mol. The Kier molecular flexibility index (Phi) is 7.85. The van der Waals surface area contributed by atoms with Crippen molar-refractivity contribution in [3.63, 3.8) is 0 Å². The summed E-state index contributed by atoms with van der Waals surface area (Å²) in [5.41, 5.74) is 0. The van der Waals surface area contributed by atoms with Crippen LogP contribution >= 0.6 is 0 Å². The van der Waals surface area contributed by atoms with Gasteiger partial charge in [0.15, 0.2) is 5.96 Å². The van der Waals surface area contributed by atoms with Gasteiger partial charge in [0.2, 0.25) is 0 Å². The zero-order valence-electron chi connectivity index (χ0n) is 13.9. The van der Waals surface area contributed by atoms with Crippen LogP contribution in [-0.2, 0) is 6.54 Å². The number of hydrogen-bond acceptors (Lipinski definition) is 2. The Hall–Kier alpha value is -1.52. The summed E-state index contributed by atoms with van der Waals surface area (Å²) in [5.74, 6) is 1.93. The molecule has 2 N–H and O–H groups in total. The van der Waals surface area contributed by atoms with Crippen LogP contribution in [0.2, 0.25) is 0 Å². The maximum Gasteiger partial charge on any atom is 0.190 e. The quantitative estimate of drug-likeness (QED) is 0.419. The first-order valence-corrected chi connectivity index (χ1v) is 8.80. The molecule has 0 amide bonds. The monoisotopic (exact) mass is 305 g/mol. The number of aliphatic imine (C=N–C) groups is 1. The molecule has 2 rings (SSSR count). The molecule has 1 saturated carbocycles. The topological polar surface area (TPSA) is 54.2 Å². The van der Waals surface area contributed by atoms with Gasteiger partial charge in [-0.3, -0.25) is 9.67 Å². The van der Waals surface area contributed by atoms with Gasteiger partial charge < -0.3 is 10.6 Å². The van der Waals surface area contributed by atoms with E-state index in [2.05, 4.69) is 20.7 Å². The molecule has 1 aromatic heterocycles. The summed E-state index contributed by atoms with van der Waals surface area (Å²) in [6, 6.07) is 1.96. The third-order valence-corrected chi connectivity index (χ3v) is 4.45. The summed E-state index contributed by atoms with van der Waals surface area (Å²) in [4.78, 5) is 4.27. The Balaban J connectivity index is 1.46. The molecule has 0 spiro atoms. The van der Waals surface area contributed by atoms with E-state index in [4.69, 9.17) is 0 Å². The molecule has 0 atom stereocenters. The number of guanidine groups is 1. The fourth-order valence-electron chi connectivity index (χ4n) is 3.17. The van der Waals surface area contributed by atoms with Gasteiger partial charge in [0.25, 0.3) is 0 Å². The molecule has 0 aromatic carbocycles. The minimum atomic E-state index is 0.918. The minimum absolute atomic E-state index is 0.918. The Morgan fingerprint density at radius 1 is 1.18 bits per heavy atom. The lowest BCUT2D eigenvalue weighted by atomic mass is 10.0. The first-order chi connectivity index (χ1) is 10.9. The number of unbranched alkanes of at least 4 members (excludes halogenated alkanes) is 1.